The molecule has 0 aliphatic heterocycles. The van der Waals surface area contributed by atoms with Crippen molar-refractivity contribution in [3.8, 4) is 0 Å². The molecule has 0 saturated carbocycles. The first-order valence-electron chi connectivity index (χ1n) is 5.18. The molecule has 1 unspecified atom stereocenters. The van der Waals surface area contributed by atoms with Gasteiger partial charge in [-0.3, -0.25) is 4.57 Å². The van der Waals surface area contributed by atoms with Crippen LogP contribution in [0.15, 0.2) is 27.4 Å². The van der Waals surface area contributed by atoms with E-state index >= 15 is 0 Å². The number of fused-ring (bicyclic) bond motifs is 1. The van der Waals surface area contributed by atoms with Crippen molar-refractivity contribution in [1.29, 1.82) is 0 Å². The van der Waals surface area contributed by atoms with Crippen LogP contribution in [-0.4, -0.2) is 16.2 Å². The molecule has 0 bridgehead atoms. The standard InChI is InChI=1S/C11H14N2O3/c1-2-13-8-4-3-7(9(14)6-12)5-10(8)16-11(13)15/h3-5,9,14H,2,6,12H2,1H3. The predicted molar refractivity (Wildman–Crippen MR) is 60.2 cm³/mol. The predicted octanol–water partition coefficient (Wildman–Crippen LogP) is 0.606. The summed E-state index contributed by atoms with van der Waals surface area (Å²) in [6.45, 7) is 2.58. The van der Waals surface area contributed by atoms with Gasteiger partial charge in [-0.25, -0.2) is 4.79 Å². The summed E-state index contributed by atoms with van der Waals surface area (Å²) in [5, 5.41) is 9.57. The smallest absolute Gasteiger partial charge is 0.408 e. The van der Waals surface area contributed by atoms with Gasteiger partial charge in [0.1, 0.15) is 0 Å². The molecule has 0 radical (unpaired) electrons. The Labute approximate surface area is 92.1 Å². The van der Waals surface area contributed by atoms with Crippen molar-refractivity contribution in [2.45, 2.75) is 19.6 Å². The molecule has 1 aromatic heterocycles. The lowest BCUT2D eigenvalue weighted by atomic mass is 10.1. The average molecular weight is 222 g/mol. The van der Waals surface area contributed by atoms with Crippen LogP contribution in [0, 0.1) is 0 Å². The van der Waals surface area contributed by atoms with E-state index in [4.69, 9.17) is 10.2 Å². The summed E-state index contributed by atoms with van der Waals surface area (Å²) in [5.41, 5.74) is 7.24. The maximum atomic E-state index is 11.4. The first-order valence-corrected chi connectivity index (χ1v) is 5.18. The Bertz CT molecular complexity index is 556. The molecule has 5 heteroatoms. The Hall–Kier alpha value is -1.59. The number of rotatable bonds is 3. The first kappa shape index (κ1) is 10.9. The lowest BCUT2D eigenvalue weighted by Gasteiger charge is -2.07. The van der Waals surface area contributed by atoms with Crippen LogP contribution in [0.3, 0.4) is 0 Å². The van der Waals surface area contributed by atoms with Crippen molar-refractivity contribution >= 4 is 11.1 Å². The molecule has 2 rings (SSSR count). The number of hydrogen-bond acceptors (Lipinski definition) is 4. The van der Waals surface area contributed by atoms with E-state index in [1.807, 2.05) is 6.92 Å². The Morgan fingerprint density at radius 1 is 1.56 bits per heavy atom. The number of aliphatic hydroxyl groups is 1. The Morgan fingerprint density at radius 3 is 2.94 bits per heavy atom. The molecule has 1 atom stereocenters. The molecule has 5 nitrogen and oxygen atoms in total. The third-order valence-electron chi connectivity index (χ3n) is 2.62. The van der Waals surface area contributed by atoms with Crippen LogP contribution < -0.4 is 11.5 Å². The molecular weight excluding hydrogens is 208 g/mol. The van der Waals surface area contributed by atoms with Crippen LogP contribution in [0.5, 0.6) is 0 Å². The highest BCUT2D eigenvalue weighted by atomic mass is 16.4. The molecule has 0 aliphatic rings. The van der Waals surface area contributed by atoms with Crippen LogP contribution in [0.4, 0.5) is 0 Å². The number of aromatic nitrogens is 1. The third-order valence-corrected chi connectivity index (χ3v) is 2.62. The molecule has 0 amide bonds. The Balaban J connectivity index is 2.60. The minimum Gasteiger partial charge on any atom is -0.408 e. The number of nitrogens with two attached hydrogens (primary N) is 1. The summed E-state index contributed by atoms with van der Waals surface area (Å²) in [7, 11) is 0. The molecular formula is C11H14N2O3. The van der Waals surface area contributed by atoms with E-state index in [0.717, 1.165) is 5.52 Å². The zero-order valence-corrected chi connectivity index (χ0v) is 9.01. The van der Waals surface area contributed by atoms with E-state index in [1.165, 1.54) is 4.57 Å². The highest BCUT2D eigenvalue weighted by Gasteiger charge is 2.11. The van der Waals surface area contributed by atoms with Crippen molar-refractivity contribution < 1.29 is 9.52 Å². The van der Waals surface area contributed by atoms with Gasteiger partial charge in [-0.15, -0.1) is 0 Å². The molecule has 0 fully saturated rings. The number of benzene rings is 1. The van der Waals surface area contributed by atoms with Gasteiger partial charge < -0.3 is 15.3 Å². The maximum absolute atomic E-state index is 11.4. The fraction of sp³-hybridized carbons (Fsp3) is 0.364. The molecule has 0 saturated heterocycles. The summed E-state index contributed by atoms with van der Waals surface area (Å²) in [4.78, 5) is 11.4. The van der Waals surface area contributed by atoms with E-state index in [0.29, 0.717) is 17.7 Å². The van der Waals surface area contributed by atoms with Crippen LogP contribution in [0.2, 0.25) is 0 Å². The topological polar surface area (TPSA) is 81.4 Å². The lowest BCUT2D eigenvalue weighted by molar-refractivity contribution is 0.187. The van der Waals surface area contributed by atoms with Crippen LogP contribution in [-0.2, 0) is 6.54 Å². The Morgan fingerprint density at radius 2 is 2.31 bits per heavy atom. The second-order valence-corrected chi connectivity index (χ2v) is 3.59. The highest BCUT2D eigenvalue weighted by Crippen LogP contribution is 2.19. The Kier molecular flexibility index (Phi) is 2.80. The molecule has 1 heterocycles. The molecule has 16 heavy (non-hydrogen) atoms. The highest BCUT2D eigenvalue weighted by molar-refractivity contribution is 5.73. The van der Waals surface area contributed by atoms with Crippen molar-refractivity contribution in [2.75, 3.05) is 6.54 Å². The van der Waals surface area contributed by atoms with Gasteiger partial charge in [0, 0.05) is 13.1 Å². The van der Waals surface area contributed by atoms with Gasteiger partial charge in [-0.2, -0.15) is 0 Å². The van der Waals surface area contributed by atoms with E-state index in [1.54, 1.807) is 18.2 Å². The molecule has 86 valence electrons. The number of hydrogen-bond donors (Lipinski definition) is 2. The second kappa shape index (κ2) is 4.11. The average Bonchev–Trinajstić information content (AvgIpc) is 2.62. The number of oxazole rings is 1. The van der Waals surface area contributed by atoms with Crippen molar-refractivity contribution in [2.24, 2.45) is 5.73 Å². The fourth-order valence-electron chi connectivity index (χ4n) is 1.73. The largest absolute Gasteiger partial charge is 0.419 e. The van der Waals surface area contributed by atoms with E-state index < -0.39 is 6.10 Å². The zero-order chi connectivity index (χ0) is 11.7. The summed E-state index contributed by atoms with van der Waals surface area (Å²) in [5.74, 6) is -0.378. The van der Waals surface area contributed by atoms with Gasteiger partial charge >= 0.3 is 5.76 Å². The monoisotopic (exact) mass is 222 g/mol. The minimum atomic E-state index is -0.723. The summed E-state index contributed by atoms with van der Waals surface area (Å²) in [6.07, 6.45) is -0.723. The van der Waals surface area contributed by atoms with Crippen LogP contribution >= 0.6 is 0 Å². The quantitative estimate of drug-likeness (QED) is 0.797. The zero-order valence-electron chi connectivity index (χ0n) is 9.01. The molecule has 0 spiro atoms. The minimum absolute atomic E-state index is 0.143. The molecule has 3 N–H and O–H groups in total. The molecule has 1 aromatic carbocycles. The third kappa shape index (κ3) is 1.64. The van der Waals surface area contributed by atoms with Gasteiger partial charge in [0.2, 0.25) is 0 Å². The van der Waals surface area contributed by atoms with Gasteiger partial charge in [-0.05, 0) is 24.6 Å². The summed E-state index contributed by atoms with van der Waals surface area (Å²) >= 11 is 0. The van der Waals surface area contributed by atoms with Crippen LogP contribution in [0.25, 0.3) is 11.1 Å². The SMILES string of the molecule is CCn1c(=O)oc2cc(C(O)CN)ccc21. The number of aliphatic hydroxyl groups excluding tert-OH is 1. The number of aryl methyl sites for hydroxylation is 1. The summed E-state index contributed by atoms with van der Waals surface area (Å²) in [6, 6.07) is 5.17. The van der Waals surface area contributed by atoms with Gasteiger partial charge in [0.25, 0.3) is 0 Å². The second-order valence-electron chi connectivity index (χ2n) is 3.59. The van der Waals surface area contributed by atoms with Crippen molar-refractivity contribution in [1.82, 2.24) is 4.57 Å². The first-order chi connectivity index (χ1) is 7.67. The fourth-order valence-corrected chi connectivity index (χ4v) is 1.73. The van der Waals surface area contributed by atoms with E-state index in [-0.39, 0.29) is 12.3 Å². The molecule has 2 aromatic rings. The molecule has 0 aliphatic carbocycles. The number of nitrogens with zero attached hydrogens (tertiary/aromatic N) is 1. The normalized spacial score (nSPS) is 13.2. The summed E-state index contributed by atoms with van der Waals surface area (Å²) < 4.78 is 6.62. The lowest BCUT2D eigenvalue weighted by Crippen LogP contribution is -2.12. The van der Waals surface area contributed by atoms with Gasteiger partial charge in [0.05, 0.1) is 11.6 Å². The maximum Gasteiger partial charge on any atom is 0.419 e. The van der Waals surface area contributed by atoms with E-state index in [9.17, 15) is 9.90 Å². The van der Waals surface area contributed by atoms with Gasteiger partial charge in [-0.1, -0.05) is 6.07 Å². The van der Waals surface area contributed by atoms with Crippen molar-refractivity contribution in [3.05, 3.63) is 34.3 Å². The van der Waals surface area contributed by atoms with Crippen molar-refractivity contribution in [3.63, 3.8) is 0 Å². The van der Waals surface area contributed by atoms with E-state index in [2.05, 4.69) is 0 Å². The van der Waals surface area contributed by atoms with Crippen LogP contribution in [0.1, 0.15) is 18.6 Å². The van der Waals surface area contributed by atoms with Gasteiger partial charge in [0.15, 0.2) is 5.58 Å².